The first-order chi connectivity index (χ1) is 13.9. The van der Waals surface area contributed by atoms with Crippen molar-refractivity contribution in [2.75, 3.05) is 18.8 Å². The van der Waals surface area contributed by atoms with E-state index in [2.05, 4.69) is 20.5 Å². The van der Waals surface area contributed by atoms with E-state index < -0.39 is 21.1 Å². The summed E-state index contributed by atoms with van der Waals surface area (Å²) in [6, 6.07) is 3.13. The number of rotatable bonds is 6. The van der Waals surface area contributed by atoms with Gasteiger partial charge in [-0.15, -0.1) is 0 Å². The number of likely N-dealkylation sites (tertiary alicyclic amines) is 1. The van der Waals surface area contributed by atoms with E-state index in [4.69, 9.17) is 0 Å². The summed E-state index contributed by atoms with van der Waals surface area (Å²) in [4.78, 5) is 30.6. The molecule has 0 saturated carbocycles. The Bertz CT molecular complexity index is 977. The van der Waals surface area contributed by atoms with Crippen LogP contribution in [0.1, 0.15) is 17.5 Å². The number of hydrogen-bond acceptors (Lipinski definition) is 6. The molecule has 0 aliphatic carbocycles. The van der Waals surface area contributed by atoms with Crippen molar-refractivity contribution in [3.05, 3.63) is 48.0 Å². The van der Waals surface area contributed by atoms with Gasteiger partial charge in [-0.2, -0.15) is 5.10 Å². The molecule has 9 nitrogen and oxygen atoms in total. The lowest BCUT2D eigenvalue weighted by atomic mass is 10.00. The van der Waals surface area contributed by atoms with E-state index in [-0.39, 0.29) is 42.9 Å². The molecule has 2 amide bonds. The molecule has 4 rings (SSSR count). The van der Waals surface area contributed by atoms with E-state index in [9.17, 15) is 18.0 Å². The number of aryl methyl sites for hydroxylation is 1. The van der Waals surface area contributed by atoms with E-state index in [1.165, 1.54) is 0 Å². The number of carbonyl (C=O) groups excluding carboxylic acids is 2. The van der Waals surface area contributed by atoms with Gasteiger partial charge in [0.1, 0.15) is 0 Å². The smallest absolute Gasteiger partial charge is 0.227 e. The highest BCUT2D eigenvalue weighted by Crippen LogP contribution is 2.34. The van der Waals surface area contributed by atoms with Crippen LogP contribution in [0.2, 0.25) is 0 Å². The van der Waals surface area contributed by atoms with E-state index >= 15 is 0 Å². The van der Waals surface area contributed by atoms with Crippen LogP contribution in [0.5, 0.6) is 0 Å². The second-order valence-electron chi connectivity index (χ2n) is 7.65. The van der Waals surface area contributed by atoms with Crippen LogP contribution in [0.15, 0.2) is 36.9 Å². The number of amides is 2. The maximum Gasteiger partial charge on any atom is 0.227 e. The molecule has 2 aromatic heterocycles. The quantitative estimate of drug-likeness (QED) is 0.666. The average Bonchev–Trinajstić information content (AvgIpc) is 3.40. The Labute approximate surface area is 168 Å². The van der Waals surface area contributed by atoms with Crippen LogP contribution < -0.4 is 5.32 Å². The molecule has 0 bridgehead atoms. The highest BCUT2D eigenvalue weighted by molar-refractivity contribution is 7.92. The lowest BCUT2D eigenvalue weighted by molar-refractivity contribution is -0.129. The average molecular weight is 417 g/mol. The molecule has 2 aromatic rings. The number of carbonyl (C=O) groups is 2. The van der Waals surface area contributed by atoms with Gasteiger partial charge in [0.05, 0.1) is 23.6 Å². The summed E-state index contributed by atoms with van der Waals surface area (Å²) in [6.07, 6.45) is 7.64. The predicted molar refractivity (Wildman–Crippen MR) is 104 cm³/mol. The Morgan fingerprint density at radius 2 is 2.10 bits per heavy atom. The lowest BCUT2D eigenvalue weighted by Gasteiger charge is -2.21. The lowest BCUT2D eigenvalue weighted by Crippen LogP contribution is -2.42. The standard InChI is InChI=1S/C19H23N5O4S/c25-18(4-3-14-8-21-22-9-14)23-16-12-29(27,28)17-11-24(10-15(16)17)19(26)6-13-2-1-5-20-7-13/h1-2,5,7-9,15-17H,3-4,6,10-12H2,(H,21,22)(H,23,25)/t15-,16+,17-/m0/s1. The third-order valence-electron chi connectivity index (χ3n) is 5.67. The van der Waals surface area contributed by atoms with E-state index in [1.807, 2.05) is 6.07 Å². The molecule has 2 saturated heterocycles. The molecule has 4 heterocycles. The van der Waals surface area contributed by atoms with E-state index in [0.717, 1.165) is 11.1 Å². The number of fused-ring (bicyclic) bond motifs is 1. The fraction of sp³-hybridized carbons (Fsp3) is 0.474. The number of pyridine rings is 1. The summed E-state index contributed by atoms with van der Waals surface area (Å²) >= 11 is 0. The van der Waals surface area contributed by atoms with Gasteiger partial charge in [-0.3, -0.25) is 19.7 Å². The van der Waals surface area contributed by atoms with Crippen LogP contribution in [0.25, 0.3) is 0 Å². The van der Waals surface area contributed by atoms with Crippen molar-refractivity contribution in [2.45, 2.75) is 30.6 Å². The molecule has 154 valence electrons. The van der Waals surface area contributed by atoms with Gasteiger partial charge in [-0.1, -0.05) is 6.07 Å². The van der Waals surface area contributed by atoms with Crippen molar-refractivity contribution in [1.82, 2.24) is 25.4 Å². The SMILES string of the molecule is O=C(CCc1cn[nH]c1)N[C@@H]1CS(=O)(=O)[C@H]2CN(C(=O)Cc3cccnc3)C[C@@H]12. The Hall–Kier alpha value is -2.75. The summed E-state index contributed by atoms with van der Waals surface area (Å²) in [7, 11) is -3.35. The van der Waals surface area contributed by atoms with Crippen molar-refractivity contribution in [3.63, 3.8) is 0 Å². The molecule has 0 radical (unpaired) electrons. The fourth-order valence-electron chi connectivity index (χ4n) is 4.16. The van der Waals surface area contributed by atoms with Crippen LogP contribution >= 0.6 is 0 Å². The predicted octanol–water partition coefficient (Wildman–Crippen LogP) is -0.280. The number of hydrogen-bond donors (Lipinski definition) is 2. The van der Waals surface area contributed by atoms with Gasteiger partial charge >= 0.3 is 0 Å². The first-order valence-corrected chi connectivity index (χ1v) is 11.3. The van der Waals surface area contributed by atoms with Crippen LogP contribution in [-0.2, 0) is 32.3 Å². The number of nitrogens with one attached hydrogen (secondary N) is 2. The van der Waals surface area contributed by atoms with Crippen LogP contribution in [0, 0.1) is 5.92 Å². The van der Waals surface area contributed by atoms with Gasteiger partial charge in [0.2, 0.25) is 11.8 Å². The Morgan fingerprint density at radius 1 is 1.24 bits per heavy atom. The summed E-state index contributed by atoms with van der Waals surface area (Å²) in [5.41, 5.74) is 1.71. The third kappa shape index (κ3) is 4.31. The van der Waals surface area contributed by atoms with Crippen molar-refractivity contribution < 1.29 is 18.0 Å². The number of H-pyrrole nitrogens is 1. The maximum absolute atomic E-state index is 12.6. The minimum atomic E-state index is -3.35. The van der Waals surface area contributed by atoms with Gasteiger partial charge in [0.15, 0.2) is 9.84 Å². The van der Waals surface area contributed by atoms with Crippen molar-refractivity contribution in [1.29, 1.82) is 0 Å². The van der Waals surface area contributed by atoms with Crippen LogP contribution in [-0.4, -0.2) is 70.4 Å². The monoisotopic (exact) mass is 417 g/mol. The zero-order valence-corrected chi connectivity index (χ0v) is 16.6. The van der Waals surface area contributed by atoms with Gasteiger partial charge in [0, 0.05) is 50.1 Å². The second-order valence-corrected chi connectivity index (χ2v) is 9.91. The molecule has 2 N–H and O–H groups in total. The topological polar surface area (TPSA) is 125 Å². The highest BCUT2D eigenvalue weighted by atomic mass is 32.2. The highest BCUT2D eigenvalue weighted by Gasteiger charge is 2.53. The number of nitrogens with zero attached hydrogens (tertiary/aromatic N) is 3. The van der Waals surface area contributed by atoms with Crippen molar-refractivity contribution in [2.24, 2.45) is 5.92 Å². The maximum atomic E-state index is 12.6. The van der Waals surface area contributed by atoms with Gasteiger partial charge in [-0.25, -0.2) is 8.42 Å². The fourth-order valence-corrected chi connectivity index (χ4v) is 6.45. The molecule has 0 aromatic carbocycles. The molecule has 29 heavy (non-hydrogen) atoms. The Balaban J connectivity index is 1.37. The Kier molecular flexibility index (Phi) is 5.35. The molecular formula is C19H23N5O4S. The van der Waals surface area contributed by atoms with E-state index in [0.29, 0.717) is 13.0 Å². The van der Waals surface area contributed by atoms with Gasteiger partial charge in [-0.05, 0) is 23.6 Å². The third-order valence-corrected chi connectivity index (χ3v) is 7.92. The minimum Gasteiger partial charge on any atom is -0.352 e. The van der Waals surface area contributed by atoms with Crippen LogP contribution in [0.3, 0.4) is 0 Å². The summed E-state index contributed by atoms with van der Waals surface area (Å²) in [6.45, 7) is 0.531. The summed E-state index contributed by atoms with van der Waals surface area (Å²) < 4.78 is 25.2. The summed E-state index contributed by atoms with van der Waals surface area (Å²) in [5.74, 6) is -0.639. The number of sulfone groups is 1. The number of aromatic amines is 1. The van der Waals surface area contributed by atoms with Gasteiger partial charge in [0.25, 0.3) is 0 Å². The first-order valence-electron chi connectivity index (χ1n) is 9.57. The number of aromatic nitrogens is 3. The van der Waals surface area contributed by atoms with Crippen LogP contribution in [0.4, 0.5) is 0 Å². The first kappa shape index (κ1) is 19.6. The molecule has 0 spiro atoms. The second kappa shape index (κ2) is 7.94. The molecular weight excluding hydrogens is 394 g/mol. The van der Waals surface area contributed by atoms with Crippen molar-refractivity contribution in [3.8, 4) is 0 Å². The minimum absolute atomic E-state index is 0.0651. The summed E-state index contributed by atoms with van der Waals surface area (Å²) in [5, 5.41) is 8.81. The zero-order chi connectivity index (χ0) is 20.4. The molecule has 2 fully saturated rings. The molecule has 3 atom stereocenters. The largest absolute Gasteiger partial charge is 0.352 e. The molecule has 2 aliphatic rings. The zero-order valence-electron chi connectivity index (χ0n) is 15.8. The Morgan fingerprint density at radius 3 is 2.83 bits per heavy atom. The van der Waals surface area contributed by atoms with E-state index in [1.54, 1.807) is 35.8 Å². The van der Waals surface area contributed by atoms with Gasteiger partial charge < -0.3 is 10.2 Å². The molecule has 10 heteroatoms. The van der Waals surface area contributed by atoms with Crippen molar-refractivity contribution >= 4 is 21.7 Å². The molecule has 0 unspecified atom stereocenters. The molecule has 2 aliphatic heterocycles. The normalized spacial score (nSPS) is 25.0.